The molecule has 2 saturated heterocycles. The van der Waals surface area contributed by atoms with E-state index in [1.54, 1.807) is 0 Å². The first-order chi connectivity index (χ1) is 12.0. The zero-order valence-corrected chi connectivity index (χ0v) is 16.1. The van der Waals surface area contributed by atoms with Gasteiger partial charge in [0.25, 0.3) is 0 Å². The van der Waals surface area contributed by atoms with Gasteiger partial charge < -0.3 is 9.84 Å². The number of likely N-dealkylation sites (tertiary alicyclic amines) is 2. The average Bonchev–Trinajstić information content (AvgIpc) is 3.13. The molecule has 0 aromatic heterocycles. The summed E-state index contributed by atoms with van der Waals surface area (Å²) in [6.45, 7) is 12.1. The van der Waals surface area contributed by atoms with Crippen LogP contribution < -0.4 is 4.74 Å². The number of aryl methyl sites for hydroxylation is 2. The van der Waals surface area contributed by atoms with Crippen molar-refractivity contribution in [2.75, 3.05) is 39.3 Å². The maximum Gasteiger partial charge on any atom is 0.125 e. The van der Waals surface area contributed by atoms with Gasteiger partial charge in [-0.15, -0.1) is 0 Å². The standard InChI is InChI=1S/C21H34N2O2/c1-16-8-9-17(2)21(18(16)3)25-15-20(24)14-22-10-6-7-19(13-22)23-11-4-5-12-23/h8-9,19-20,24H,4-7,10-15H2,1-3H3/t19-,20-/m0/s1. The van der Waals surface area contributed by atoms with E-state index in [0.717, 1.165) is 24.4 Å². The van der Waals surface area contributed by atoms with Crippen molar-refractivity contribution in [2.24, 2.45) is 0 Å². The molecule has 4 nitrogen and oxygen atoms in total. The predicted molar refractivity (Wildman–Crippen MR) is 102 cm³/mol. The molecule has 25 heavy (non-hydrogen) atoms. The fourth-order valence-electron chi connectivity index (χ4n) is 4.28. The van der Waals surface area contributed by atoms with Crippen molar-refractivity contribution in [3.63, 3.8) is 0 Å². The lowest BCUT2D eigenvalue weighted by atomic mass is 10.0. The lowest BCUT2D eigenvalue weighted by molar-refractivity contribution is 0.0413. The summed E-state index contributed by atoms with van der Waals surface area (Å²) < 4.78 is 5.99. The van der Waals surface area contributed by atoms with Crippen LogP contribution >= 0.6 is 0 Å². The maximum absolute atomic E-state index is 10.5. The highest BCUT2D eigenvalue weighted by Gasteiger charge is 2.28. The third-order valence-corrected chi connectivity index (χ3v) is 5.90. The summed E-state index contributed by atoms with van der Waals surface area (Å²) in [5, 5.41) is 10.5. The molecule has 0 unspecified atom stereocenters. The summed E-state index contributed by atoms with van der Waals surface area (Å²) in [6.07, 6.45) is 4.82. The molecule has 1 N–H and O–H groups in total. The van der Waals surface area contributed by atoms with Gasteiger partial charge in [-0.3, -0.25) is 9.80 Å². The van der Waals surface area contributed by atoms with Crippen LogP contribution in [0.15, 0.2) is 12.1 Å². The lowest BCUT2D eigenvalue weighted by Crippen LogP contribution is -2.49. The minimum absolute atomic E-state index is 0.371. The molecule has 4 heteroatoms. The van der Waals surface area contributed by atoms with E-state index in [4.69, 9.17) is 4.74 Å². The van der Waals surface area contributed by atoms with Crippen LogP contribution in [-0.4, -0.2) is 66.4 Å². The second-order valence-corrected chi connectivity index (χ2v) is 7.92. The second-order valence-electron chi connectivity index (χ2n) is 7.92. The first-order valence-electron chi connectivity index (χ1n) is 9.88. The Balaban J connectivity index is 1.49. The number of hydrogen-bond acceptors (Lipinski definition) is 4. The quantitative estimate of drug-likeness (QED) is 0.859. The van der Waals surface area contributed by atoms with E-state index in [9.17, 15) is 5.11 Å². The van der Waals surface area contributed by atoms with Crippen LogP contribution in [0.3, 0.4) is 0 Å². The molecule has 3 rings (SSSR count). The number of rotatable bonds is 6. The van der Waals surface area contributed by atoms with Gasteiger partial charge in [0.2, 0.25) is 0 Å². The monoisotopic (exact) mass is 346 g/mol. The maximum atomic E-state index is 10.5. The largest absolute Gasteiger partial charge is 0.490 e. The third-order valence-electron chi connectivity index (χ3n) is 5.90. The Morgan fingerprint density at radius 3 is 2.56 bits per heavy atom. The van der Waals surface area contributed by atoms with Crippen LogP contribution in [0.25, 0.3) is 0 Å². The van der Waals surface area contributed by atoms with Crippen molar-refractivity contribution >= 4 is 0 Å². The van der Waals surface area contributed by atoms with Gasteiger partial charge in [0.15, 0.2) is 0 Å². The molecule has 2 fully saturated rings. The Bertz CT molecular complexity index is 569. The molecule has 1 aromatic rings. The number of β-amino-alcohol motifs (C(OH)–C–C–N with tert-alkyl or cyclic N) is 1. The fourth-order valence-corrected chi connectivity index (χ4v) is 4.28. The molecule has 0 radical (unpaired) electrons. The van der Waals surface area contributed by atoms with Crippen LogP contribution in [0, 0.1) is 20.8 Å². The summed E-state index contributed by atoms with van der Waals surface area (Å²) >= 11 is 0. The zero-order chi connectivity index (χ0) is 17.8. The highest BCUT2D eigenvalue weighted by Crippen LogP contribution is 2.26. The Labute approximate surface area is 152 Å². The predicted octanol–water partition coefficient (Wildman–Crippen LogP) is 2.91. The first kappa shape index (κ1) is 18.7. The highest BCUT2D eigenvalue weighted by atomic mass is 16.5. The van der Waals surface area contributed by atoms with E-state index in [1.165, 1.54) is 49.9 Å². The molecule has 0 saturated carbocycles. The third kappa shape index (κ3) is 4.75. The van der Waals surface area contributed by atoms with E-state index >= 15 is 0 Å². The molecule has 2 aliphatic rings. The number of hydrogen-bond donors (Lipinski definition) is 1. The number of piperidine rings is 1. The molecule has 1 aromatic carbocycles. The van der Waals surface area contributed by atoms with Crippen LogP contribution in [0.1, 0.15) is 42.4 Å². The number of aliphatic hydroxyl groups is 1. The molecular formula is C21H34N2O2. The summed E-state index contributed by atoms with van der Waals surface area (Å²) in [4.78, 5) is 5.07. The van der Waals surface area contributed by atoms with Gasteiger partial charge >= 0.3 is 0 Å². The van der Waals surface area contributed by atoms with Crippen molar-refractivity contribution in [3.05, 3.63) is 28.8 Å². The Morgan fingerprint density at radius 2 is 1.80 bits per heavy atom. The molecule has 2 aliphatic heterocycles. The second kappa shape index (κ2) is 8.52. The van der Waals surface area contributed by atoms with Crippen molar-refractivity contribution in [2.45, 2.75) is 58.6 Å². The van der Waals surface area contributed by atoms with E-state index < -0.39 is 6.10 Å². The van der Waals surface area contributed by atoms with Gasteiger partial charge in [0.1, 0.15) is 18.5 Å². The molecule has 0 spiro atoms. The Hall–Kier alpha value is -1.10. The van der Waals surface area contributed by atoms with Gasteiger partial charge in [0, 0.05) is 19.1 Å². The van der Waals surface area contributed by atoms with Gasteiger partial charge in [-0.05, 0) is 82.8 Å². The molecule has 0 bridgehead atoms. The molecular weight excluding hydrogens is 312 g/mol. The van der Waals surface area contributed by atoms with Crippen molar-refractivity contribution in [1.29, 1.82) is 0 Å². The van der Waals surface area contributed by atoms with E-state index in [0.29, 0.717) is 19.2 Å². The van der Waals surface area contributed by atoms with E-state index in [1.807, 2.05) is 0 Å². The first-order valence-corrected chi connectivity index (χ1v) is 9.88. The van der Waals surface area contributed by atoms with E-state index in [-0.39, 0.29) is 0 Å². The van der Waals surface area contributed by atoms with Gasteiger partial charge in [-0.1, -0.05) is 12.1 Å². The fraction of sp³-hybridized carbons (Fsp3) is 0.714. The van der Waals surface area contributed by atoms with Crippen LogP contribution in [0.4, 0.5) is 0 Å². The van der Waals surface area contributed by atoms with Gasteiger partial charge in [0.05, 0.1) is 0 Å². The van der Waals surface area contributed by atoms with Gasteiger partial charge in [-0.2, -0.15) is 0 Å². The molecule has 2 atom stereocenters. The summed E-state index contributed by atoms with van der Waals surface area (Å²) in [6, 6.07) is 4.90. The summed E-state index contributed by atoms with van der Waals surface area (Å²) in [5.74, 6) is 0.938. The molecule has 0 aliphatic carbocycles. The van der Waals surface area contributed by atoms with Crippen LogP contribution in [-0.2, 0) is 0 Å². The molecule has 0 amide bonds. The smallest absolute Gasteiger partial charge is 0.125 e. The number of ether oxygens (including phenoxy) is 1. The summed E-state index contributed by atoms with van der Waals surface area (Å²) in [7, 11) is 0. The highest BCUT2D eigenvalue weighted by molar-refractivity contribution is 5.44. The van der Waals surface area contributed by atoms with E-state index in [2.05, 4.69) is 42.7 Å². The van der Waals surface area contributed by atoms with Crippen LogP contribution in [0.5, 0.6) is 5.75 Å². The molecule has 140 valence electrons. The van der Waals surface area contributed by atoms with Crippen LogP contribution in [0.2, 0.25) is 0 Å². The SMILES string of the molecule is Cc1ccc(C)c(OC[C@@H](O)CN2CCC[C@H](N3CCCC3)C2)c1C. The normalized spacial score (nSPS) is 23.8. The van der Waals surface area contributed by atoms with Crippen molar-refractivity contribution < 1.29 is 9.84 Å². The minimum atomic E-state index is -0.434. The number of nitrogens with zero attached hydrogens (tertiary/aromatic N) is 2. The lowest BCUT2D eigenvalue weighted by Gasteiger charge is -2.38. The van der Waals surface area contributed by atoms with Crippen molar-refractivity contribution in [1.82, 2.24) is 9.80 Å². The number of aliphatic hydroxyl groups excluding tert-OH is 1. The minimum Gasteiger partial charge on any atom is -0.490 e. The zero-order valence-electron chi connectivity index (χ0n) is 16.1. The van der Waals surface area contributed by atoms with Gasteiger partial charge in [-0.25, -0.2) is 0 Å². The summed E-state index contributed by atoms with van der Waals surface area (Å²) in [5.41, 5.74) is 3.56. The topological polar surface area (TPSA) is 35.9 Å². The molecule has 2 heterocycles. The Morgan fingerprint density at radius 1 is 1.08 bits per heavy atom. The number of benzene rings is 1. The average molecular weight is 347 g/mol. The Kier molecular flexibility index (Phi) is 6.37. The van der Waals surface area contributed by atoms with Crippen molar-refractivity contribution in [3.8, 4) is 5.75 Å².